The van der Waals surface area contributed by atoms with Crippen molar-refractivity contribution in [3.63, 3.8) is 0 Å². The average molecular weight is 250 g/mol. The number of benzene rings is 1. The van der Waals surface area contributed by atoms with Crippen molar-refractivity contribution in [3.05, 3.63) is 35.9 Å². The van der Waals surface area contributed by atoms with Gasteiger partial charge in [0.25, 0.3) is 0 Å². The molecular weight excluding hydrogens is 228 g/mol. The van der Waals surface area contributed by atoms with E-state index < -0.39 is 0 Å². The van der Waals surface area contributed by atoms with Gasteiger partial charge in [0.05, 0.1) is 0 Å². The van der Waals surface area contributed by atoms with Gasteiger partial charge in [0.1, 0.15) is 0 Å². The molecule has 0 aliphatic carbocycles. The first kappa shape index (κ1) is 12.9. The molecule has 1 aromatic rings. The summed E-state index contributed by atoms with van der Waals surface area (Å²) in [5.74, 6) is 1.21. The van der Waals surface area contributed by atoms with Crippen molar-refractivity contribution in [2.24, 2.45) is 5.73 Å². The lowest BCUT2D eigenvalue weighted by atomic mass is 10.0. The van der Waals surface area contributed by atoms with Crippen LogP contribution in [-0.2, 0) is 6.54 Å². The van der Waals surface area contributed by atoms with E-state index in [0.717, 1.165) is 19.6 Å². The highest BCUT2D eigenvalue weighted by Gasteiger charge is 2.33. The van der Waals surface area contributed by atoms with E-state index in [1.165, 1.54) is 24.3 Å². The summed E-state index contributed by atoms with van der Waals surface area (Å²) in [5, 5.41) is 0. The van der Waals surface area contributed by atoms with Gasteiger partial charge in [0.2, 0.25) is 0 Å². The highest BCUT2D eigenvalue weighted by Crippen LogP contribution is 2.33. The average Bonchev–Trinajstić information content (AvgIpc) is 2.40. The number of hydrogen-bond acceptors (Lipinski definition) is 3. The number of nitrogens with zero attached hydrogens (tertiary/aromatic N) is 1. The van der Waals surface area contributed by atoms with E-state index in [2.05, 4.69) is 53.9 Å². The standard InChI is InChI=1S/C14H22N2S/c1-2-14(11-15)12-16(8-9-17-14)10-13-6-4-3-5-7-13/h3-7H,2,8-12,15H2,1H3. The van der Waals surface area contributed by atoms with Crippen molar-refractivity contribution in [1.29, 1.82) is 0 Å². The van der Waals surface area contributed by atoms with E-state index in [-0.39, 0.29) is 4.75 Å². The molecule has 2 nitrogen and oxygen atoms in total. The zero-order valence-electron chi connectivity index (χ0n) is 10.6. The second-order valence-corrected chi connectivity index (χ2v) is 6.35. The third-order valence-electron chi connectivity index (χ3n) is 3.59. The number of hydrogen-bond donors (Lipinski definition) is 1. The summed E-state index contributed by atoms with van der Waals surface area (Å²) < 4.78 is 0.285. The fourth-order valence-corrected chi connectivity index (χ4v) is 3.76. The first-order valence-corrected chi connectivity index (χ1v) is 7.37. The van der Waals surface area contributed by atoms with Gasteiger partial charge >= 0.3 is 0 Å². The molecule has 3 heteroatoms. The van der Waals surface area contributed by atoms with Crippen LogP contribution in [0.3, 0.4) is 0 Å². The maximum absolute atomic E-state index is 5.96. The van der Waals surface area contributed by atoms with Crippen LogP contribution in [0.5, 0.6) is 0 Å². The summed E-state index contributed by atoms with van der Waals surface area (Å²) >= 11 is 2.06. The van der Waals surface area contributed by atoms with Gasteiger partial charge in [-0.15, -0.1) is 0 Å². The Hall–Kier alpha value is -0.510. The third-order valence-corrected chi connectivity index (χ3v) is 5.18. The van der Waals surface area contributed by atoms with Gasteiger partial charge in [0.15, 0.2) is 0 Å². The minimum absolute atomic E-state index is 0.285. The first-order chi connectivity index (χ1) is 8.28. The Kier molecular flexibility index (Phi) is 4.48. The van der Waals surface area contributed by atoms with Gasteiger partial charge in [-0.3, -0.25) is 4.90 Å². The molecule has 0 spiro atoms. The molecule has 2 N–H and O–H groups in total. The van der Waals surface area contributed by atoms with Gasteiger partial charge in [-0.1, -0.05) is 37.3 Å². The normalized spacial score (nSPS) is 26.0. The Bertz CT molecular complexity index is 335. The molecule has 17 heavy (non-hydrogen) atoms. The summed E-state index contributed by atoms with van der Waals surface area (Å²) in [7, 11) is 0. The molecule has 1 heterocycles. The van der Waals surface area contributed by atoms with Crippen LogP contribution in [0.25, 0.3) is 0 Å². The molecule has 1 aromatic carbocycles. The molecule has 1 aliphatic heterocycles. The Balaban J connectivity index is 1.98. The lowest BCUT2D eigenvalue weighted by molar-refractivity contribution is 0.239. The van der Waals surface area contributed by atoms with E-state index >= 15 is 0 Å². The molecule has 0 radical (unpaired) electrons. The fraction of sp³-hybridized carbons (Fsp3) is 0.571. The molecule has 2 rings (SSSR count). The van der Waals surface area contributed by atoms with Crippen molar-refractivity contribution in [1.82, 2.24) is 4.90 Å². The largest absolute Gasteiger partial charge is 0.329 e. The zero-order chi connectivity index (χ0) is 12.1. The Morgan fingerprint density at radius 2 is 2.12 bits per heavy atom. The van der Waals surface area contributed by atoms with Crippen molar-refractivity contribution < 1.29 is 0 Å². The number of thioether (sulfide) groups is 1. The van der Waals surface area contributed by atoms with Crippen molar-refractivity contribution in [2.75, 3.05) is 25.4 Å². The fourth-order valence-electron chi connectivity index (χ4n) is 2.38. The zero-order valence-corrected chi connectivity index (χ0v) is 11.4. The highest BCUT2D eigenvalue weighted by atomic mass is 32.2. The molecule has 94 valence electrons. The molecule has 0 bridgehead atoms. The van der Waals surface area contributed by atoms with Crippen LogP contribution >= 0.6 is 11.8 Å². The van der Waals surface area contributed by atoms with Crippen LogP contribution in [0.1, 0.15) is 18.9 Å². The minimum atomic E-state index is 0.285. The van der Waals surface area contributed by atoms with Crippen LogP contribution in [0.15, 0.2) is 30.3 Å². The van der Waals surface area contributed by atoms with Gasteiger partial charge in [0, 0.05) is 36.7 Å². The lowest BCUT2D eigenvalue weighted by Gasteiger charge is -2.41. The first-order valence-electron chi connectivity index (χ1n) is 6.38. The maximum atomic E-state index is 5.96. The van der Waals surface area contributed by atoms with Crippen molar-refractivity contribution in [3.8, 4) is 0 Å². The van der Waals surface area contributed by atoms with Gasteiger partial charge in [-0.25, -0.2) is 0 Å². The molecule has 1 aliphatic rings. The third kappa shape index (κ3) is 3.24. The van der Waals surface area contributed by atoms with Crippen molar-refractivity contribution >= 4 is 11.8 Å². The maximum Gasteiger partial charge on any atom is 0.0406 e. The SMILES string of the molecule is CCC1(CN)CN(Cc2ccccc2)CCS1. The van der Waals surface area contributed by atoms with Crippen LogP contribution < -0.4 is 5.73 Å². The van der Waals surface area contributed by atoms with E-state index in [4.69, 9.17) is 5.73 Å². The summed E-state index contributed by atoms with van der Waals surface area (Å²) in [6.07, 6.45) is 1.17. The summed E-state index contributed by atoms with van der Waals surface area (Å²) in [6.45, 7) is 6.41. The number of rotatable bonds is 4. The monoisotopic (exact) mass is 250 g/mol. The molecule has 0 amide bonds. The molecule has 1 fully saturated rings. The summed E-state index contributed by atoms with van der Waals surface area (Å²) in [5.41, 5.74) is 7.36. The molecule has 0 aromatic heterocycles. The predicted molar refractivity (Wildman–Crippen MR) is 76.3 cm³/mol. The highest BCUT2D eigenvalue weighted by molar-refractivity contribution is 8.00. The quantitative estimate of drug-likeness (QED) is 0.889. The minimum Gasteiger partial charge on any atom is -0.329 e. The second kappa shape index (κ2) is 5.89. The summed E-state index contributed by atoms with van der Waals surface area (Å²) in [4.78, 5) is 2.54. The topological polar surface area (TPSA) is 29.3 Å². The van der Waals surface area contributed by atoms with Crippen LogP contribution in [0, 0.1) is 0 Å². The second-order valence-electron chi connectivity index (χ2n) is 4.79. The molecule has 1 atom stereocenters. The van der Waals surface area contributed by atoms with Crippen molar-refractivity contribution in [2.45, 2.75) is 24.6 Å². The molecule has 1 unspecified atom stereocenters. The molecule has 0 saturated carbocycles. The van der Waals surface area contributed by atoms with Crippen LogP contribution in [-0.4, -0.2) is 35.0 Å². The van der Waals surface area contributed by atoms with E-state index in [0.29, 0.717) is 0 Å². The van der Waals surface area contributed by atoms with Crippen LogP contribution in [0.2, 0.25) is 0 Å². The Labute approximate surface area is 109 Å². The Morgan fingerprint density at radius 1 is 1.35 bits per heavy atom. The van der Waals surface area contributed by atoms with E-state index in [1.807, 2.05) is 0 Å². The smallest absolute Gasteiger partial charge is 0.0406 e. The van der Waals surface area contributed by atoms with Gasteiger partial charge in [-0.05, 0) is 12.0 Å². The predicted octanol–water partition coefficient (Wildman–Crippen LogP) is 2.34. The molecular formula is C14H22N2S. The Morgan fingerprint density at radius 3 is 2.76 bits per heavy atom. The van der Waals surface area contributed by atoms with Crippen LogP contribution in [0.4, 0.5) is 0 Å². The van der Waals surface area contributed by atoms with Gasteiger partial charge in [-0.2, -0.15) is 11.8 Å². The summed E-state index contributed by atoms with van der Waals surface area (Å²) in [6, 6.07) is 10.7. The molecule has 1 saturated heterocycles. The van der Waals surface area contributed by atoms with E-state index in [9.17, 15) is 0 Å². The number of nitrogens with two attached hydrogens (primary N) is 1. The lowest BCUT2D eigenvalue weighted by Crippen LogP contribution is -2.50. The van der Waals surface area contributed by atoms with E-state index in [1.54, 1.807) is 0 Å². The van der Waals surface area contributed by atoms with Gasteiger partial charge < -0.3 is 5.73 Å².